The quantitative estimate of drug-likeness (QED) is 0.546. The average molecular weight is 440 g/mol. The molecule has 0 aliphatic heterocycles. The molecule has 0 amide bonds. The number of ether oxygens (including phenoxy) is 1. The van der Waals surface area contributed by atoms with E-state index in [1.54, 1.807) is 35.0 Å². The smallest absolute Gasteiger partial charge is 0.338 e. The van der Waals surface area contributed by atoms with Crippen LogP contribution in [0.15, 0.2) is 29.1 Å². The number of rotatable bonds is 6. The highest BCUT2D eigenvalue weighted by Crippen LogP contribution is 2.36. The Hall–Kier alpha value is -2.51. The van der Waals surface area contributed by atoms with Gasteiger partial charge in [-0.3, -0.25) is 9.36 Å². The number of aryl methyl sites for hydroxylation is 1. The molecule has 0 saturated carbocycles. The molecule has 0 spiro atoms. The van der Waals surface area contributed by atoms with Gasteiger partial charge in [-0.05, 0) is 69.5 Å². The van der Waals surface area contributed by atoms with E-state index in [1.807, 2.05) is 31.1 Å². The molecule has 6 nitrogen and oxygen atoms in total. The van der Waals surface area contributed by atoms with Gasteiger partial charge in [0.25, 0.3) is 5.56 Å². The third-order valence-corrected chi connectivity index (χ3v) is 6.88. The highest BCUT2D eigenvalue weighted by molar-refractivity contribution is 7.18. The second kappa shape index (κ2) is 8.93. The molecule has 1 aliphatic rings. The summed E-state index contributed by atoms with van der Waals surface area (Å²) in [5.74, 6) is 1.05. The minimum absolute atomic E-state index is 0.0236. The number of fused-ring (bicyclic) bond motifs is 3. The fourth-order valence-corrected chi connectivity index (χ4v) is 5.62. The van der Waals surface area contributed by atoms with Gasteiger partial charge in [-0.2, -0.15) is 0 Å². The number of carbonyl (C=O) groups excluding carboxylic acids is 1. The van der Waals surface area contributed by atoms with Crippen molar-refractivity contribution in [3.8, 4) is 0 Å². The molecule has 2 heterocycles. The number of hydrogen-bond donors (Lipinski definition) is 0. The number of benzene rings is 1. The van der Waals surface area contributed by atoms with Crippen LogP contribution >= 0.6 is 11.3 Å². The van der Waals surface area contributed by atoms with Crippen molar-refractivity contribution in [3.63, 3.8) is 0 Å². The maximum atomic E-state index is 13.7. The Labute approximate surface area is 186 Å². The highest BCUT2D eigenvalue weighted by Gasteiger charge is 2.25. The van der Waals surface area contributed by atoms with Gasteiger partial charge in [0, 0.05) is 4.88 Å². The molecule has 3 aromatic rings. The van der Waals surface area contributed by atoms with Crippen LogP contribution in [0, 0.1) is 5.92 Å². The molecule has 0 radical (unpaired) electrons. The maximum absolute atomic E-state index is 13.7. The minimum Gasteiger partial charge on any atom is -0.462 e. The van der Waals surface area contributed by atoms with Crippen LogP contribution < -0.4 is 5.56 Å². The van der Waals surface area contributed by atoms with E-state index in [4.69, 9.17) is 9.72 Å². The summed E-state index contributed by atoms with van der Waals surface area (Å²) >= 11 is 1.68. The Kier molecular flexibility index (Phi) is 6.25. The largest absolute Gasteiger partial charge is 0.462 e. The molecule has 1 aliphatic carbocycles. The first kappa shape index (κ1) is 21.7. The lowest BCUT2D eigenvalue weighted by atomic mass is 9.89. The van der Waals surface area contributed by atoms with Gasteiger partial charge >= 0.3 is 5.97 Å². The Morgan fingerprint density at radius 3 is 2.90 bits per heavy atom. The lowest BCUT2D eigenvalue weighted by Gasteiger charge is -2.18. The number of thiophene rings is 1. The summed E-state index contributed by atoms with van der Waals surface area (Å²) in [4.78, 5) is 35.0. The summed E-state index contributed by atoms with van der Waals surface area (Å²) in [6.45, 7) is 5.34. The second-order valence-corrected chi connectivity index (χ2v) is 9.69. The topological polar surface area (TPSA) is 64.4 Å². The van der Waals surface area contributed by atoms with E-state index in [0.29, 0.717) is 31.2 Å². The van der Waals surface area contributed by atoms with Crippen molar-refractivity contribution in [2.75, 3.05) is 20.7 Å². The van der Waals surface area contributed by atoms with Gasteiger partial charge in [0.15, 0.2) is 0 Å². The van der Waals surface area contributed by atoms with Crippen molar-refractivity contribution in [2.24, 2.45) is 5.92 Å². The Bertz CT molecular complexity index is 1180. The van der Waals surface area contributed by atoms with Crippen molar-refractivity contribution < 1.29 is 9.53 Å². The van der Waals surface area contributed by atoms with Crippen molar-refractivity contribution in [1.82, 2.24) is 14.5 Å². The van der Waals surface area contributed by atoms with Gasteiger partial charge in [-0.15, -0.1) is 11.3 Å². The normalized spacial score (nSPS) is 16.0. The van der Waals surface area contributed by atoms with E-state index in [9.17, 15) is 9.59 Å². The summed E-state index contributed by atoms with van der Waals surface area (Å²) < 4.78 is 6.90. The molecule has 1 unspecified atom stereocenters. The average Bonchev–Trinajstić information content (AvgIpc) is 3.08. The monoisotopic (exact) mass is 439 g/mol. The van der Waals surface area contributed by atoms with E-state index in [0.717, 1.165) is 40.9 Å². The molecule has 31 heavy (non-hydrogen) atoms. The third-order valence-electron chi connectivity index (χ3n) is 5.73. The van der Waals surface area contributed by atoms with Gasteiger partial charge in [0.05, 0.1) is 30.6 Å². The number of esters is 1. The maximum Gasteiger partial charge on any atom is 0.338 e. The SMILES string of the molecule is CCOC(=O)c1cccc(Cn2c(CN(C)C)nc3sc4c(c3c2=O)CCC(C)C4)c1. The molecule has 2 aromatic heterocycles. The van der Waals surface area contributed by atoms with Crippen LogP contribution in [0.2, 0.25) is 0 Å². The van der Waals surface area contributed by atoms with Crippen molar-refractivity contribution >= 4 is 27.5 Å². The van der Waals surface area contributed by atoms with Crippen molar-refractivity contribution in [3.05, 3.63) is 62.0 Å². The molecular weight excluding hydrogens is 410 g/mol. The molecule has 1 atom stereocenters. The summed E-state index contributed by atoms with van der Waals surface area (Å²) in [6.07, 6.45) is 3.08. The fourth-order valence-electron chi connectivity index (χ4n) is 4.23. The number of aromatic nitrogens is 2. The standard InChI is InChI=1S/C24H29N3O3S/c1-5-30-24(29)17-8-6-7-16(12-17)13-27-20(14-26(3)4)25-22-21(23(27)28)18-10-9-15(2)11-19(18)31-22/h6-8,12,15H,5,9-11,13-14H2,1-4H3. The predicted molar refractivity (Wildman–Crippen MR) is 124 cm³/mol. The van der Waals surface area contributed by atoms with Crippen LogP contribution in [0.5, 0.6) is 0 Å². The minimum atomic E-state index is -0.347. The Balaban J connectivity index is 1.81. The van der Waals surface area contributed by atoms with Crippen molar-refractivity contribution in [1.29, 1.82) is 0 Å². The second-order valence-electron chi connectivity index (χ2n) is 8.61. The first-order valence-corrected chi connectivity index (χ1v) is 11.6. The number of carbonyl (C=O) groups is 1. The summed E-state index contributed by atoms with van der Waals surface area (Å²) in [6, 6.07) is 7.31. The van der Waals surface area contributed by atoms with E-state index in [1.165, 1.54) is 10.4 Å². The van der Waals surface area contributed by atoms with E-state index in [-0.39, 0.29) is 11.5 Å². The van der Waals surface area contributed by atoms with Gasteiger partial charge < -0.3 is 9.64 Å². The van der Waals surface area contributed by atoms with E-state index in [2.05, 4.69) is 6.92 Å². The summed E-state index contributed by atoms with van der Waals surface area (Å²) in [7, 11) is 3.95. The van der Waals surface area contributed by atoms with Gasteiger partial charge in [-0.25, -0.2) is 9.78 Å². The zero-order valence-corrected chi connectivity index (χ0v) is 19.4. The van der Waals surface area contributed by atoms with Crippen LogP contribution in [-0.4, -0.2) is 41.1 Å². The van der Waals surface area contributed by atoms with Gasteiger partial charge in [0.1, 0.15) is 10.7 Å². The Morgan fingerprint density at radius 1 is 1.35 bits per heavy atom. The van der Waals surface area contributed by atoms with E-state index < -0.39 is 0 Å². The van der Waals surface area contributed by atoms with Crippen LogP contribution in [0.25, 0.3) is 10.2 Å². The zero-order chi connectivity index (χ0) is 22.1. The van der Waals surface area contributed by atoms with Crippen LogP contribution in [0.4, 0.5) is 0 Å². The molecule has 7 heteroatoms. The van der Waals surface area contributed by atoms with Crippen LogP contribution in [-0.2, 0) is 30.7 Å². The number of hydrogen-bond acceptors (Lipinski definition) is 6. The lowest BCUT2D eigenvalue weighted by molar-refractivity contribution is 0.0526. The van der Waals surface area contributed by atoms with Crippen molar-refractivity contribution in [2.45, 2.75) is 46.2 Å². The first-order chi connectivity index (χ1) is 14.9. The van der Waals surface area contributed by atoms with Gasteiger partial charge in [-0.1, -0.05) is 19.1 Å². The summed E-state index contributed by atoms with van der Waals surface area (Å²) in [5, 5.41) is 0.788. The molecule has 4 rings (SSSR count). The number of nitrogens with zero attached hydrogens (tertiary/aromatic N) is 3. The zero-order valence-electron chi connectivity index (χ0n) is 18.6. The molecule has 0 N–H and O–H groups in total. The van der Waals surface area contributed by atoms with Gasteiger partial charge in [0.2, 0.25) is 0 Å². The molecule has 0 bridgehead atoms. The summed E-state index contributed by atoms with van der Waals surface area (Å²) in [5.41, 5.74) is 2.60. The van der Waals surface area contributed by atoms with Crippen LogP contribution in [0.1, 0.15) is 52.5 Å². The fraction of sp³-hybridized carbons (Fsp3) is 0.458. The molecule has 0 fully saturated rings. The molecule has 164 valence electrons. The Morgan fingerprint density at radius 2 is 2.16 bits per heavy atom. The molecule has 1 aromatic carbocycles. The predicted octanol–water partition coefficient (Wildman–Crippen LogP) is 3.87. The van der Waals surface area contributed by atoms with Crippen LogP contribution in [0.3, 0.4) is 0 Å². The first-order valence-electron chi connectivity index (χ1n) is 10.8. The molecule has 0 saturated heterocycles. The van der Waals surface area contributed by atoms with E-state index >= 15 is 0 Å². The highest BCUT2D eigenvalue weighted by atomic mass is 32.1. The molecular formula is C24H29N3O3S. The lowest BCUT2D eigenvalue weighted by Crippen LogP contribution is -2.29. The third kappa shape index (κ3) is 4.43.